The van der Waals surface area contributed by atoms with Gasteiger partial charge in [0.2, 0.25) is 5.91 Å². The average molecular weight is 404 g/mol. The van der Waals surface area contributed by atoms with E-state index in [2.05, 4.69) is 5.10 Å². The van der Waals surface area contributed by atoms with E-state index in [0.717, 1.165) is 4.68 Å². The van der Waals surface area contributed by atoms with Gasteiger partial charge in [-0.1, -0.05) is 0 Å². The maximum atomic E-state index is 13.0. The summed E-state index contributed by atoms with van der Waals surface area (Å²) in [5.74, 6) is -0.0611. The van der Waals surface area contributed by atoms with Crippen LogP contribution in [0.2, 0.25) is 0 Å². The maximum absolute atomic E-state index is 13.0. The molecule has 1 aliphatic heterocycles. The maximum Gasteiger partial charge on any atom is 0.285 e. The lowest BCUT2D eigenvalue weighted by Crippen LogP contribution is -2.44. The third-order valence-corrected chi connectivity index (χ3v) is 6.66. The molecule has 0 aliphatic carbocycles. The Labute approximate surface area is 162 Å². The Morgan fingerprint density at radius 1 is 1.46 bits per heavy atom. The van der Waals surface area contributed by atoms with Crippen molar-refractivity contribution in [3.8, 4) is 6.07 Å². The second-order valence-electron chi connectivity index (χ2n) is 6.82. The lowest BCUT2D eigenvalue weighted by atomic mass is 10.1. The summed E-state index contributed by atoms with van der Waals surface area (Å²) in [5, 5.41) is 13.3. The monoisotopic (exact) mass is 404 g/mol. The Bertz CT molecular complexity index is 1100. The minimum atomic E-state index is -3.21. The fourth-order valence-electron chi connectivity index (χ4n) is 3.24. The van der Waals surface area contributed by atoms with E-state index >= 15 is 0 Å². The number of hydrogen-bond donors (Lipinski definition) is 0. The topological polar surface area (TPSA) is 126 Å². The normalized spacial score (nSPS) is 18.0. The molecule has 1 fully saturated rings. The van der Waals surface area contributed by atoms with Gasteiger partial charge in [0, 0.05) is 6.04 Å². The van der Waals surface area contributed by atoms with Crippen molar-refractivity contribution < 1.29 is 17.6 Å². The van der Waals surface area contributed by atoms with Crippen LogP contribution >= 0.6 is 0 Å². The van der Waals surface area contributed by atoms with Gasteiger partial charge in [0.05, 0.1) is 30.0 Å². The summed E-state index contributed by atoms with van der Waals surface area (Å²) in [4.78, 5) is 26.9. The van der Waals surface area contributed by atoms with E-state index < -0.39 is 27.3 Å². The van der Waals surface area contributed by atoms with E-state index in [0.29, 0.717) is 23.4 Å². The number of nitriles is 1. The molecule has 1 amide bonds. The van der Waals surface area contributed by atoms with Gasteiger partial charge in [-0.15, -0.1) is 0 Å². The van der Waals surface area contributed by atoms with Gasteiger partial charge in [0.1, 0.15) is 23.9 Å². The van der Waals surface area contributed by atoms with Crippen molar-refractivity contribution >= 4 is 15.7 Å². The van der Waals surface area contributed by atoms with Crippen LogP contribution in [0.5, 0.6) is 0 Å². The summed E-state index contributed by atoms with van der Waals surface area (Å²) in [6.45, 7) is 2.99. The second kappa shape index (κ2) is 7.59. The minimum absolute atomic E-state index is 0.0139. The zero-order chi connectivity index (χ0) is 20.5. The summed E-state index contributed by atoms with van der Waals surface area (Å²) < 4.78 is 30.0. The van der Waals surface area contributed by atoms with Crippen molar-refractivity contribution in [1.82, 2.24) is 14.7 Å². The molecule has 0 N–H and O–H groups in total. The quantitative estimate of drug-likeness (QED) is 0.712. The Morgan fingerprint density at radius 2 is 2.21 bits per heavy atom. The van der Waals surface area contributed by atoms with Gasteiger partial charge >= 0.3 is 0 Å². The molecule has 1 unspecified atom stereocenters. The van der Waals surface area contributed by atoms with Crippen molar-refractivity contribution in [1.29, 1.82) is 5.26 Å². The minimum Gasteiger partial charge on any atom is -0.467 e. The second-order valence-corrected chi connectivity index (χ2v) is 9.05. The number of sulfone groups is 1. The number of amides is 1. The standard InChI is InChI=1S/C18H20N4O5S/c1-12-13(2)20-22(18(24)16(12)8-19)10-17(23)21(9-15-4-3-6-27-15)14-5-7-28(25,26)11-14/h3-4,6,14H,5,7,9-11H2,1-2H3. The van der Waals surface area contributed by atoms with E-state index in [1.165, 1.54) is 11.2 Å². The molecule has 0 bridgehead atoms. The van der Waals surface area contributed by atoms with E-state index in [-0.39, 0.29) is 30.2 Å². The molecule has 3 rings (SSSR count). The first-order chi connectivity index (χ1) is 13.2. The molecule has 10 heteroatoms. The molecule has 1 atom stereocenters. The van der Waals surface area contributed by atoms with Gasteiger partial charge in [-0.3, -0.25) is 9.59 Å². The van der Waals surface area contributed by atoms with Gasteiger partial charge in [0.25, 0.3) is 5.56 Å². The largest absolute Gasteiger partial charge is 0.467 e. The SMILES string of the molecule is Cc1nn(CC(=O)N(Cc2ccco2)C2CCS(=O)(=O)C2)c(=O)c(C#N)c1C. The van der Waals surface area contributed by atoms with Crippen LogP contribution in [0.15, 0.2) is 27.6 Å². The lowest BCUT2D eigenvalue weighted by molar-refractivity contribution is -0.135. The number of aromatic nitrogens is 2. The van der Waals surface area contributed by atoms with E-state index in [1.807, 2.05) is 6.07 Å². The molecular weight excluding hydrogens is 384 g/mol. The highest BCUT2D eigenvalue weighted by atomic mass is 32.2. The van der Waals surface area contributed by atoms with E-state index in [4.69, 9.17) is 4.42 Å². The molecule has 0 saturated carbocycles. The Hall–Kier alpha value is -2.93. The molecule has 3 heterocycles. The summed E-state index contributed by atoms with van der Waals surface area (Å²) in [6.07, 6.45) is 1.80. The number of hydrogen-bond acceptors (Lipinski definition) is 7. The molecule has 0 spiro atoms. The first kappa shape index (κ1) is 19.8. The van der Waals surface area contributed by atoms with Crippen molar-refractivity contribution in [2.45, 2.75) is 39.4 Å². The van der Waals surface area contributed by atoms with Gasteiger partial charge in [-0.05, 0) is 38.0 Å². The van der Waals surface area contributed by atoms with E-state index in [9.17, 15) is 23.3 Å². The van der Waals surface area contributed by atoms with Crippen molar-refractivity contribution in [3.63, 3.8) is 0 Å². The van der Waals surface area contributed by atoms with Crippen LogP contribution < -0.4 is 5.56 Å². The highest BCUT2D eigenvalue weighted by Crippen LogP contribution is 2.21. The molecule has 0 aromatic carbocycles. The van der Waals surface area contributed by atoms with Gasteiger partial charge in [-0.2, -0.15) is 10.4 Å². The van der Waals surface area contributed by atoms with Crippen molar-refractivity contribution in [3.05, 3.63) is 51.3 Å². The molecule has 1 saturated heterocycles. The molecule has 148 valence electrons. The number of aryl methyl sites for hydroxylation is 1. The fraction of sp³-hybridized carbons (Fsp3) is 0.444. The van der Waals surface area contributed by atoms with Crippen LogP contribution in [0, 0.1) is 25.2 Å². The first-order valence-electron chi connectivity index (χ1n) is 8.72. The van der Waals surface area contributed by atoms with Crippen LogP contribution in [0.25, 0.3) is 0 Å². The highest BCUT2D eigenvalue weighted by Gasteiger charge is 2.35. The van der Waals surface area contributed by atoms with Gasteiger partial charge in [-0.25, -0.2) is 13.1 Å². The number of rotatable bonds is 5. The Balaban J connectivity index is 1.91. The van der Waals surface area contributed by atoms with Gasteiger partial charge < -0.3 is 9.32 Å². The van der Waals surface area contributed by atoms with Crippen LogP contribution in [0.4, 0.5) is 0 Å². The predicted octanol–water partition coefficient (Wildman–Crippen LogP) is 0.541. The molecule has 0 radical (unpaired) electrons. The number of furan rings is 1. The molecule has 2 aromatic heterocycles. The predicted molar refractivity (Wildman–Crippen MR) is 99.0 cm³/mol. The molecule has 2 aromatic rings. The Morgan fingerprint density at radius 3 is 2.79 bits per heavy atom. The summed E-state index contributed by atoms with van der Waals surface area (Å²) in [6, 6.07) is 4.73. The van der Waals surface area contributed by atoms with Crippen molar-refractivity contribution in [2.24, 2.45) is 0 Å². The zero-order valence-corrected chi connectivity index (χ0v) is 16.4. The molecule has 9 nitrogen and oxygen atoms in total. The Kier molecular flexibility index (Phi) is 5.38. The molecular formula is C18H20N4O5S. The van der Waals surface area contributed by atoms with Crippen LogP contribution in [-0.2, 0) is 27.7 Å². The first-order valence-corrected chi connectivity index (χ1v) is 10.5. The van der Waals surface area contributed by atoms with Crippen molar-refractivity contribution in [2.75, 3.05) is 11.5 Å². The molecule has 1 aliphatic rings. The summed E-state index contributed by atoms with van der Waals surface area (Å²) in [7, 11) is -3.21. The fourth-order valence-corrected chi connectivity index (χ4v) is 4.97. The lowest BCUT2D eigenvalue weighted by Gasteiger charge is -2.27. The number of carbonyl (C=O) groups excluding carboxylic acids is 1. The smallest absolute Gasteiger partial charge is 0.285 e. The third kappa shape index (κ3) is 3.99. The van der Waals surface area contributed by atoms with E-state index in [1.54, 1.807) is 26.0 Å². The van der Waals surface area contributed by atoms with Gasteiger partial charge in [0.15, 0.2) is 9.84 Å². The molecule has 28 heavy (non-hydrogen) atoms. The summed E-state index contributed by atoms with van der Waals surface area (Å²) >= 11 is 0. The van der Waals surface area contributed by atoms with Crippen LogP contribution in [0.1, 0.15) is 29.0 Å². The average Bonchev–Trinajstić information content (AvgIpc) is 3.27. The summed E-state index contributed by atoms with van der Waals surface area (Å²) in [5.41, 5.74) is 0.257. The third-order valence-electron chi connectivity index (χ3n) is 4.91. The number of nitrogens with zero attached hydrogens (tertiary/aromatic N) is 4. The van der Waals surface area contributed by atoms with Crippen LogP contribution in [-0.4, -0.2) is 46.6 Å². The highest BCUT2D eigenvalue weighted by molar-refractivity contribution is 7.91. The zero-order valence-electron chi connectivity index (χ0n) is 15.6. The van der Waals surface area contributed by atoms with Crippen LogP contribution in [0.3, 0.4) is 0 Å². The number of carbonyl (C=O) groups is 1.